The van der Waals surface area contributed by atoms with Crippen LogP contribution in [0.25, 0.3) is 0 Å². The second-order valence-corrected chi connectivity index (χ2v) is 4.72. The fourth-order valence-electron chi connectivity index (χ4n) is 2.19. The molecule has 2 aromatic rings. The first kappa shape index (κ1) is 13.6. The number of hydrogen-bond acceptors (Lipinski definition) is 1. The zero-order valence-corrected chi connectivity index (χ0v) is 11.4. The molecule has 0 aliphatic carbocycles. The fraction of sp³-hybridized carbons (Fsp3) is 0.235. The highest BCUT2D eigenvalue weighted by atomic mass is 16.5. The summed E-state index contributed by atoms with van der Waals surface area (Å²) < 4.78 is 5.37. The van der Waals surface area contributed by atoms with E-state index < -0.39 is 0 Å². The summed E-state index contributed by atoms with van der Waals surface area (Å²) in [5, 5.41) is 0. The number of hydrogen-bond donors (Lipinski definition) is 1. The lowest BCUT2D eigenvalue weighted by atomic mass is 10.1. The Hall–Kier alpha value is -1.80. The van der Waals surface area contributed by atoms with Crippen molar-refractivity contribution in [3.8, 4) is 5.75 Å². The molecule has 2 rings (SSSR count). The molecule has 2 nitrogen and oxygen atoms in total. The zero-order valence-electron chi connectivity index (χ0n) is 11.4. The van der Waals surface area contributed by atoms with Crippen LogP contribution in [0.2, 0.25) is 0 Å². The normalized spacial score (nSPS) is 12.1. The molecule has 100 valence electrons. The van der Waals surface area contributed by atoms with E-state index in [1.54, 1.807) is 7.11 Å². The van der Waals surface area contributed by atoms with Gasteiger partial charge in [0.05, 0.1) is 20.2 Å². The molecule has 1 atom stereocenters. The van der Waals surface area contributed by atoms with E-state index in [1.165, 1.54) is 16.0 Å². The van der Waals surface area contributed by atoms with E-state index in [2.05, 4.69) is 43.4 Å². The van der Waals surface area contributed by atoms with Gasteiger partial charge in [-0.05, 0) is 11.6 Å². The van der Waals surface area contributed by atoms with Crippen LogP contribution >= 0.6 is 0 Å². The monoisotopic (exact) mass is 255 g/mol. The highest BCUT2D eigenvalue weighted by Crippen LogP contribution is 2.16. The van der Waals surface area contributed by atoms with Crippen LogP contribution in [0.5, 0.6) is 5.75 Å². The van der Waals surface area contributed by atoms with Crippen LogP contribution in [0.3, 0.4) is 0 Å². The summed E-state index contributed by atoms with van der Waals surface area (Å²) in [6, 6.07) is 18.7. The Kier molecular flexibility index (Phi) is 4.99. The zero-order chi connectivity index (χ0) is 13.5. The first-order valence-corrected chi connectivity index (χ1v) is 6.62. The van der Waals surface area contributed by atoms with Crippen molar-refractivity contribution in [2.45, 2.75) is 13.0 Å². The van der Waals surface area contributed by atoms with Gasteiger partial charge in [-0.3, -0.25) is 0 Å². The summed E-state index contributed by atoms with van der Waals surface area (Å²) in [7, 11) is 5.90. The Morgan fingerprint density at radius 1 is 1.00 bits per heavy atom. The molecule has 0 radical (unpaired) electrons. The van der Waals surface area contributed by atoms with Crippen molar-refractivity contribution in [1.29, 1.82) is 0 Å². The summed E-state index contributed by atoms with van der Waals surface area (Å²) in [6.45, 7) is 1.95. The van der Waals surface area contributed by atoms with Crippen LogP contribution in [-0.4, -0.2) is 13.7 Å². The first-order valence-electron chi connectivity index (χ1n) is 6.62. The average molecular weight is 255 g/mol. The molecule has 2 aromatic carbocycles. The smallest absolute Gasteiger partial charge is 0.122 e. The number of quaternary nitrogens is 1. The molecular formula is C17H21NO. The Morgan fingerprint density at radius 3 is 2.42 bits per heavy atom. The van der Waals surface area contributed by atoms with E-state index in [0.29, 0.717) is 0 Å². The molecule has 0 bridgehead atoms. The Labute approximate surface area is 115 Å². The third-order valence-corrected chi connectivity index (χ3v) is 3.24. The number of para-hydroxylation sites is 1. The van der Waals surface area contributed by atoms with Crippen LogP contribution in [0, 0.1) is 7.05 Å². The molecule has 2 heteroatoms. The summed E-state index contributed by atoms with van der Waals surface area (Å²) in [6.07, 6.45) is 0.982. The van der Waals surface area contributed by atoms with Crippen molar-refractivity contribution in [3.63, 3.8) is 0 Å². The number of rotatable bonds is 6. The van der Waals surface area contributed by atoms with Gasteiger partial charge >= 0.3 is 0 Å². The molecule has 19 heavy (non-hydrogen) atoms. The van der Waals surface area contributed by atoms with Gasteiger partial charge in [-0.2, -0.15) is 7.05 Å². The van der Waals surface area contributed by atoms with Gasteiger partial charge in [-0.25, -0.2) is 0 Å². The predicted octanol–water partition coefficient (Wildman–Crippen LogP) is 2.11. The van der Waals surface area contributed by atoms with Gasteiger partial charge in [0, 0.05) is 12.0 Å². The molecule has 0 fully saturated rings. The van der Waals surface area contributed by atoms with Crippen molar-refractivity contribution >= 4 is 0 Å². The maximum Gasteiger partial charge on any atom is 0.122 e. The molecule has 0 aliphatic rings. The minimum Gasteiger partial charge on any atom is -0.496 e. The number of methoxy groups -OCH3 is 1. The second-order valence-electron chi connectivity index (χ2n) is 4.72. The predicted molar refractivity (Wildman–Crippen MR) is 78.0 cm³/mol. The van der Waals surface area contributed by atoms with E-state index in [-0.39, 0.29) is 0 Å². The molecule has 0 amide bonds. The van der Waals surface area contributed by atoms with E-state index in [1.807, 2.05) is 18.2 Å². The standard InChI is InChI=1S/C17H21NO/c1-18(14-15-8-4-3-5-9-15)13-12-16-10-6-7-11-17(16)19-2/h3-11,18H,1,12-14H2,2H3. The van der Waals surface area contributed by atoms with Crippen LogP contribution < -0.4 is 9.64 Å². The largest absolute Gasteiger partial charge is 0.496 e. The van der Waals surface area contributed by atoms with Gasteiger partial charge in [0.1, 0.15) is 5.75 Å². The minimum atomic E-state index is 0.954. The van der Waals surface area contributed by atoms with E-state index >= 15 is 0 Å². The molecule has 0 saturated heterocycles. The molecule has 1 N–H and O–H groups in total. The lowest BCUT2D eigenvalue weighted by molar-refractivity contribution is -0.867. The van der Waals surface area contributed by atoms with E-state index in [4.69, 9.17) is 4.74 Å². The van der Waals surface area contributed by atoms with Crippen LogP contribution in [0.1, 0.15) is 11.1 Å². The maximum absolute atomic E-state index is 5.37. The summed E-state index contributed by atoms with van der Waals surface area (Å²) in [5.41, 5.74) is 2.58. The SMILES string of the molecule is [CH2-][NH+](CCc1ccccc1OC)Cc1ccccc1. The van der Waals surface area contributed by atoms with E-state index in [9.17, 15) is 0 Å². The summed E-state index contributed by atoms with van der Waals surface area (Å²) in [5.74, 6) is 0.968. The Balaban J connectivity index is 1.88. The van der Waals surface area contributed by atoms with Gasteiger partial charge in [0.25, 0.3) is 0 Å². The third-order valence-electron chi connectivity index (χ3n) is 3.24. The maximum atomic E-state index is 5.37. The van der Waals surface area contributed by atoms with Crippen LogP contribution in [0.4, 0.5) is 0 Å². The topological polar surface area (TPSA) is 13.7 Å². The number of nitrogens with one attached hydrogen (secondary N) is 1. The third kappa shape index (κ3) is 4.11. The highest BCUT2D eigenvalue weighted by molar-refractivity contribution is 5.33. The van der Waals surface area contributed by atoms with Gasteiger partial charge in [0.2, 0.25) is 0 Å². The lowest BCUT2D eigenvalue weighted by Gasteiger charge is -2.21. The molecule has 0 aromatic heterocycles. The second kappa shape index (κ2) is 6.95. The van der Waals surface area contributed by atoms with Crippen LogP contribution in [-0.2, 0) is 13.0 Å². The molecule has 1 unspecified atom stereocenters. The van der Waals surface area contributed by atoms with Crippen molar-refractivity contribution < 1.29 is 9.64 Å². The minimum absolute atomic E-state index is 0.954. The van der Waals surface area contributed by atoms with Gasteiger partial charge in [-0.15, -0.1) is 0 Å². The molecule has 0 saturated carbocycles. The number of benzene rings is 2. The molecule has 0 heterocycles. The van der Waals surface area contributed by atoms with Crippen molar-refractivity contribution in [2.24, 2.45) is 0 Å². The van der Waals surface area contributed by atoms with Gasteiger partial charge < -0.3 is 9.64 Å². The quantitative estimate of drug-likeness (QED) is 0.781. The molecule has 0 spiro atoms. The molecular weight excluding hydrogens is 234 g/mol. The van der Waals surface area contributed by atoms with Crippen molar-refractivity contribution in [3.05, 3.63) is 72.8 Å². The highest BCUT2D eigenvalue weighted by Gasteiger charge is 2.04. The fourth-order valence-corrected chi connectivity index (χ4v) is 2.19. The molecule has 0 aliphatic heterocycles. The van der Waals surface area contributed by atoms with E-state index in [0.717, 1.165) is 25.3 Å². The van der Waals surface area contributed by atoms with Crippen molar-refractivity contribution in [1.82, 2.24) is 0 Å². The van der Waals surface area contributed by atoms with Gasteiger partial charge in [0.15, 0.2) is 0 Å². The Morgan fingerprint density at radius 2 is 1.68 bits per heavy atom. The summed E-state index contributed by atoms with van der Waals surface area (Å²) >= 11 is 0. The first-order chi connectivity index (χ1) is 9.29. The number of ether oxygens (including phenoxy) is 1. The Bertz CT molecular complexity index is 496. The van der Waals surface area contributed by atoms with Crippen LogP contribution in [0.15, 0.2) is 54.6 Å². The van der Waals surface area contributed by atoms with Crippen molar-refractivity contribution in [2.75, 3.05) is 13.7 Å². The summed E-state index contributed by atoms with van der Waals surface area (Å²) in [4.78, 5) is 1.26. The lowest BCUT2D eigenvalue weighted by Crippen LogP contribution is -3.05. The average Bonchev–Trinajstić information content (AvgIpc) is 2.46. The van der Waals surface area contributed by atoms with Gasteiger partial charge in [-0.1, -0.05) is 48.5 Å².